The average Bonchev–Trinajstić information content (AvgIpc) is 3.05. The molecule has 4 bridgehead atoms. The number of hydroxylamine groups is 3. The molecule has 2 amide bonds. The van der Waals surface area contributed by atoms with Crippen LogP contribution in [0.5, 0.6) is 11.5 Å². The molecule has 15 heteroatoms. The van der Waals surface area contributed by atoms with Crippen molar-refractivity contribution in [1.29, 1.82) is 0 Å². The van der Waals surface area contributed by atoms with E-state index in [4.69, 9.17) is 24.1 Å². The average molecular weight is 621 g/mol. The van der Waals surface area contributed by atoms with E-state index in [0.717, 1.165) is 24.0 Å². The first-order valence-corrected chi connectivity index (χ1v) is 14.3. The van der Waals surface area contributed by atoms with Crippen LogP contribution in [0.15, 0.2) is 42.9 Å². The first kappa shape index (κ1) is 31.1. The Labute approximate surface area is 258 Å². The summed E-state index contributed by atoms with van der Waals surface area (Å²) in [5.74, 6) is -3.42. The predicted octanol–water partition coefficient (Wildman–Crippen LogP) is 3.42. The van der Waals surface area contributed by atoms with E-state index in [1.54, 1.807) is 18.6 Å². The van der Waals surface area contributed by atoms with Gasteiger partial charge in [0.2, 0.25) is 0 Å². The molecule has 4 heterocycles. The number of benzene rings is 1. The van der Waals surface area contributed by atoms with Gasteiger partial charge in [-0.2, -0.15) is 5.06 Å². The summed E-state index contributed by atoms with van der Waals surface area (Å²) in [6.45, 7) is 5.30. The van der Waals surface area contributed by atoms with Crippen molar-refractivity contribution >= 4 is 35.4 Å². The Morgan fingerprint density at radius 2 is 1.87 bits per heavy atom. The third kappa shape index (κ3) is 6.20. The van der Waals surface area contributed by atoms with Gasteiger partial charge in [-0.3, -0.25) is 9.78 Å². The van der Waals surface area contributed by atoms with E-state index >= 15 is 0 Å². The summed E-state index contributed by atoms with van der Waals surface area (Å²) in [5, 5.41) is 15.7. The maximum atomic E-state index is 13.5. The fourth-order valence-electron chi connectivity index (χ4n) is 4.95. The summed E-state index contributed by atoms with van der Waals surface area (Å²) < 4.78 is 11.3. The van der Waals surface area contributed by atoms with E-state index in [9.17, 15) is 24.3 Å². The van der Waals surface area contributed by atoms with Gasteiger partial charge in [-0.05, 0) is 44.0 Å². The molecule has 0 aliphatic carbocycles. The number of carbonyl (C=O) groups is 4. The minimum Gasteiger partial charge on any atom is -0.491 e. The van der Waals surface area contributed by atoms with Crippen LogP contribution in [0.3, 0.4) is 0 Å². The Bertz CT molecular complexity index is 1640. The number of fused-ring (bicyclic) bond motifs is 6. The normalized spacial score (nSPS) is 19.0. The van der Waals surface area contributed by atoms with Crippen molar-refractivity contribution in [3.63, 3.8) is 0 Å². The molecule has 1 unspecified atom stereocenters. The Kier molecular flexibility index (Phi) is 8.81. The summed E-state index contributed by atoms with van der Waals surface area (Å²) in [6, 6.07) is 5.46. The number of pyridine rings is 1. The van der Waals surface area contributed by atoms with Gasteiger partial charge in [0, 0.05) is 24.2 Å². The van der Waals surface area contributed by atoms with Crippen molar-refractivity contribution < 1.29 is 43.4 Å². The molecule has 0 spiro atoms. The van der Waals surface area contributed by atoms with E-state index in [0.29, 0.717) is 15.9 Å². The highest BCUT2D eigenvalue weighted by Gasteiger charge is 2.49. The van der Waals surface area contributed by atoms with Crippen molar-refractivity contribution in [3.8, 4) is 22.9 Å². The van der Waals surface area contributed by atoms with Gasteiger partial charge in [0.25, 0.3) is 0 Å². The number of esters is 1. The summed E-state index contributed by atoms with van der Waals surface area (Å²) in [6.07, 6.45) is 4.78. The van der Waals surface area contributed by atoms with Crippen LogP contribution in [-0.2, 0) is 24.1 Å². The molecule has 0 saturated carbocycles. The smallest absolute Gasteiger partial charge is 0.391 e. The van der Waals surface area contributed by atoms with Crippen molar-refractivity contribution in [2.24, 2.45) is 0 Å². The van der Waals surface area contributed by atoms with Crippen LogP contribution in [0.25, 0.3) is 11.4 Å². The molecule has 2 aliphatic heterocycles. The van der Waals surface area contributed by atoms with Crippen LogP contribution in [0.4, 0.5) is 16.3 Å². The standard InChI is InChI=1S/C30H32N6O9/c1-5-8-20(18-9-7-12-31-16-18)33-26-17(3)15-32-27(34-26)19-10-11-21-25(42-4)24(19)43-22(37)13-30(41)14-23(38)44-35(6-2)29(40)36(21)45-28(30)39/h7,9-12,15-16,20,41H,5-6,8,13-14H2,1-4H3,(H,32,33,34)/t20-,30?/m0/s1. The molecule has 3 aromatic rings. The summed E-state index contributed by atoms with van der Waals surface area (Å²) >= 11 is 0. The lowest BCUT2D eigenvalue weighted by atomic mass is 9.95. The number of nitrogens with one attached hydrogen (secondary N) is 1. The third-order valence-corrected chi connectivity index (χ3v) is 7.23. The van der Waals surface area contributed by atoms with E-state index in [1.807, 2.05) is 19.1 Å². The van der Waals surface area contributed by atoms with Gasteiger partial charge in [0.15, 0.2) is 22.9 Å². The van der Waals surface area contributed by atoms with Crippen molar-refractivity contribution in [3.05, 3.63) is 54.0 Å². The maximum absolute atomic E-state index is 13.5. The Morgan fingerprint density at radius 1 is 1.09 bits per heavy atom. The predicted molar refractivity (Wildman–Crippen MR) is 157 cm³/mol. The second-order valence-electron chi connectivity index (χ2n) is 10.5. The fraction of sp³-hybridized carbons (Fsp3) is 0.367. The van der Waals surface area contributed by atoms with Gasteiger partial charge in [-0.1, -0.05) is 19.4 Å². The van der Waals surface area contributed by atoms with Gasteiger partial charge in [0.05, 0.1) is 38.1 Å². The number of nitrogens with zero attached hydrogens (tertiary/aromatic N) is 5. The molecule has 1 saturated heterocycles. The molecule has 1 fully saturated rings. The van der Waals surface area contributed by atoms with E-state index in [2.05, 4.69) is 22.2 Å². The molecular weight excluding hydrogens is 588 g/mol. The van der Waals surface area contributed by atoms with Crippen LogP contribution in [0.2, 0.25) is 0 Å². The van der Waals surface area contributed by atoms with Crippen LogP contribution in [0, 0.1) is 6.92 Å². The number of hydrogen-bond acceptors (Lipinski definition) is 13. The topological polar surface area (TPSA) is 183 Å². The minimum atomic E-state index is -2.71. The van der Waals surface area contributed by atoms with Crippen LogP contribution in [0.1, 0.15) is 56.7 Å². The van der Waals surface area contributed by atoms with E-state index < -0.39 is 42.4 Å². The number of aliphatic hydroxyl groups is 1. The molecular formula is C30H32N6O9. The molecule has 5 rings (SSSR count). The zero-order valence-electron chi connectivity index (χ0n) is 25.1. The highest BCUT2D eigenvalue weighted by molar-refractivity contribution is 6.00. The number of aromatic nitrogens is 3. The number of urea groups is 1. The lowest BCUT2D eigenvalue weighted by Gasteiger charge is -2.30. The number of rotatable bonds is 8. The largest absolute Gasteiger partial charge is 0.491 e. The number of aryl methyl sites for hydroxylation is 1. The van der Waals surface area contributed by atoms with Gasteiger partial charge < -0.3 is 29.6 Å². The van der Waals surface area contributed by atoms with E-state index in [-0.39, 0.29) is 41.2 Å². The number of anilines is 2. The van der Waals surface area contributed by atoms with Crippen LogP contribution < -0.4 is 19.9 Å². The summed E-state index contributed by atoms with van der Waals surface area (Å²) in [5.41, 5.74) is -0.984. The second-order valence-corrected chi connectivity index (χ2v) is 10.5. The van der Waals surface area contributed by atoms with Gasteiger partial charge in [-0.15, -0.1) is 5.06 Å². The Morgan fingerprint density at radius 3 is 2.56 bits per heavy atom. The maximum Gasteiger partial charge on any atom is 0.391 e. The quantitative estimate of drug-likeness (QED) is 0.276. The lowest BCUT2D eigenvalue weighted by Crippen LogP contribution is -2.49. The number of ether oxygens (including phenoxy) is 2. The zero-order chi connectivity index (χ0) is 32.3. The Balaban J connectivity index is 1.64. The molecule has 0 radical (unpaired) electrons. The van der Waals surface area contributed by atoms with Crippen molar-refractivity contribution in [2.75, 3.05) is 24.0 Å². The SMILES string of the molecule is CCC[C@H](Nc1nc(-c2ccc3c(OC)c2OC(=O)CC2(O)CC(=O)ON(CC)C(=O)N3OC2=O)ncc1C)c1cccnc1. The molecule has 45 heavy (non-hydrogen) atoms. The first-order chi connectivity index (χ1) is 21.6. The van der Waals surface area contributed by atoms with Gasteiger partial charge in [0.1, 0.15) is 11.5 Å². The van der Waals surface area contributed by atoms with E-state index in [1.165, 1.54) is 26.2 Å². The molecule has 236 valence electrons. The van der Waals surface area contributed by atoms with Gasteiger partial charge >= 0.3 is 23.9 Å². The third-order valence-electron chi connectivity index (χ3n) is 7.23. The van der Waals surface area contributed by atoms with Gasteiger partial charge in [-0.25, -0.2) is 24.4 Å². The molecule has 1 aromatic carbocycles. The molecule has 15 nitrogen and oxygen atoms in total. The number of methoxy groups -OCH3 is 1. The minimum absolute atomic E-state index is 0.106. The Hall–Kier alpha value is -5.31. The monoisotopic (exact) mass is 620 g/mol. The first-order valence-electron chi connectivity index (χ1n) is 14.3. The van der Waals surface area contributed by atoms with Crippen molar-refractivity contribution in [1.82, 2.24) is 20.0 Å². The number of carbonyl (C=O) groups excluding carboxylic acids is 4. The highest BCUT2D eigenvalue weighted by atomic mass is 16.8. The molecule has 2 atom stereocenters. The lowest BCUT2D eigenvalue weighted by molar-refractivity contribution is -0.184. The van der Waals surface area contributed by atoms with Crippen molar-refractivity contribution in [2.45, 2.75) is 58.1 Å². The second kappa shape index (κ2) is 12.7. The van der Waals surface area contributed by atoms with Crippen LogP contribution in [-0.4, -0.2) is 68.3 Å². The number of amides is 2. The summed E-state index contributed by atoms with van der Waals surface area (Å²) in [7, 11) is 1.26. The molecule has 2 aromatic heterocycles. The summed E-state index contributed by atoms with van der Waals surface area (Å²) in [4.78, 5) is 76.2. The fourth-order valence-corrected chi connectivity index (χ4v) is 4.95. The zero-order valence-corrected chi connectivity index (χ0v) is 25.1. The number of hydrogen-bond donors (Lipinski definition) is 2. The molecule has 2 aliphatic rings. The van der Waals surface area contributed by atoms with Crippen LogP contribution >= 0.6 is 0 Å². The molecule has 2 N–H and O–H groups in total. The highest BCUT2D eigenvalue weighted by Crippen LogP contribution is 2.46.